The molecule has 2 aromatic heterocycles. The number of aromatic amines is 1. The number of ether oxygens (including phenoxy) is 2. The number of rotatable bonds is 10. The van der Waals surface area contributed by atoms with E-state index < -0.39 is 42.7 Å². The Labute approximate surface area is 249 Å². The Balaban J connectivity index is 1.54. The quantitative estimate of drug-likeness (QED) is 0.0862. The summed E-state index contributed by atoms with van der Waals surface area (Å²) < 4.78 is 14.3. The van der Waals surface area contributed by atoms with Crippen molar-refractivity contribution in [1.29, 1.82) is 0 Å². The Hall–Kier alpha value is -6.06. The number of carbonyl (C=O) groups is 5. The van der Waals surface area contributed by atoms with Gasteiger partial charge in [0.1, 0.15) is 6.26 Å². The smallest absolute Gasteiger partial charge is 0.419 e. The van der Waals surface area contributed by atoms with Gasteiger partial charge >= 0.3 is 18.0 Å². The highest BCUT2D eigenvalue weighted by atomic mass is 16.7. The monoisotopic (exact) mass is 605 g/mol. The van der Waals surface area contributed by atoms with Crippen molar-refractivity contribution in [2.45, 2.75) is 32.7 Å². The molecule has 1 saturated carbocycles. The molecule has 0 radical (unpaired) electrons. The number of hydrogen-bond donors (Lipinski definition) is 4. The summed E-state index contributed by atoms with van der Waals surface area (Å²) in [7, 11) is 0. The number of benzene rings is 1. The summed E-state index contributed by atoms with van der Waals surface area (Å²) >= 11 is 0. The Morgan fingerprint density at radius 1 is 1.18 bits per heavy atom. The van der Waals surface area contributed by atoms with Gasteiger partial charge in [-0.2, -0.15) is 0 Å². The number of amides is 3. The second kappa shape index (κ2) is 13.7. The van der Waals surface area contributed by atoms with Gasteiger partial charge in [-0.05, 0) is 49.9 Å². The van der Waals surface area contributed by atoms with Gasteiger partial charge in [-0.15, -0.1) is 0 Å². The highest BCUT2D eigenvalue weighted by Crippen LogP contribution is 2.30. The molecule has 3 amide bonds. The predicted octanol–water partition coefficient (Wildman–Crippen LogP) is 2.82. The standard InChI is InChI=1S/C28H27N7O9/c1-15-3-4-17(26(39)33-21-9-10-44-34-21)11-20(15)32-25(31-13-29)24-16(2)19(12-30-24)27(40)35(18-5-6-18)28(41)43-14-42-23(38)8-7-22(36)37/h3-4,7-13,18,30H,5-6,14H2,1-2H3,(H,36,37)(H2,29,31,32)(H,33,34,39)/b8-7+. The molecule has 1 aliphatic carbocycles. The number of aryl methyl sites for hydroxylation is 1. The molecule has 0 atom stereocenters. The van der Waals surface area contributed by atoms with Gasteiger partial charge in [-0.3, -0.25) is 9.59 Å². The summed E-state index contributed by atoms with van der Waals surface area (Å²) in [6.07, 6.45) is 5.03. The van der Waals surface area contributed by atoms with Crippen molar-refractivity contribution < 1.29 is 43.1 Å². The van der Waals surface area contributed by atoms with Crippen molar-refractivity contribution in [2.24, 2.45) is 15.7 Å². The Morgan fingerprint density at radius 3 is 2.61 bits per heavy atom. The minimum atomic E-state index is -1.36. The molecule has 228 valence electrons. The number of aliphatic imine (C=N–C) groups is 2. The van der Waals surface area contributed by atoms with Crippen molar-refractivity contribution in [2.75, 3.05) is 12.1 Å². The number of anilines is 1. The van der Waals surface area contributed by atoms with Crippen LogP contribution < -0.4 is 11.1 Å². The molecule has 3 aromatic rings. The van der Waals surface area contributed by atoms with E-state index in [9.17, 15) is 24.0 Å². The number of carboxylic acids is 1. The fraction of sp³-hybridized carbons (Fsp3) is 0.214. The summed E-state index contributed by atoms with van der Waals surface area (Å²) in [5.41, 5.74) is 7.86. The van der Waals surface area contributed by atoms with Crippen LogP contribution in [0.1, 0.15) is 50.4 Å². The van der Waals surface area contributed by atoms with E-state index in [1.165, 1.54) is 18.5 Å². The number of amidine groups is 1. The zero-order chi connectivity index (χ0) is 31.8. The number of aromatic nitrogens is 2. The number of carboxylic acid groups (broad SMARTS) is 1. The lowest BCUT2D eigenvalue weighted by Crippen LogP contribution is -2.39. The highest BCUT2D eigenvalue weighted by Gasteiger charge is 2.40. The van der Waals surface area contributed by atoms with Crippen molar-refractivity contribution in [1.82, 2.24) is 15.0 Å². The third-order valence-corrected chi connectivity index (χ3v) is 6.24. The molecule has 4 rings (SSSR count). The molecule has 16 heteroatoms. The number of H-pyrrole nitrogens is 1. The number of nitrogens with one attached hydrogen (secondary N) is 2. The average molecular weight is 606 g/mol. The summed E-state index contributed by atoms with van der Waals surface area (Å²) in [6, 6.07) is 5.95. The lowest BCUT2D eigenvalue weighted by molar-refractivity contribution is -0.146. The molecule has 44 heavy (non-hydrogen) atoms. The summed E-state index contributed by atoms with van der Waals surface area (Å²) in [5.74, 6) is -3.17. The third-order valence-electron chi connectivity index (χ3n) is 6.24. The van der Waals surface area contributed by atoms with Gasteiger partial charge in [0.05, 0.1) is 23.3 Å². The topological polar surface area (TPSA) is 232 Å². The molecular formula is C28H27N7O9. The van der Waals surface area contributed by atoms with E-state index in [2.05, 4.69) is 30.2 Å². The molecule has 0 bridgehead atoms. The number of carbonyl (C=O) groups excluding carboxylic acids is 4. The van der Waals surface area contributed by atoms with Gasteiger partial charge in [0.2, 0.25) is 6.79 Å². The Kier molecular flexibility index (Phi) is 9.64. The third kappa shape index (κ3) is 7.61. The molecule has 0 saturated heterocycles. The van der Waals surface area contributed by atoms with Gasteiger partial charge in [0.15, 0.2) is 11.7 Å². The van der Waals surface area contributed by atoms with Crippen LogP contribution in [0, 0.1) is 13.8 Å². The molecule has 1 aromatic carbocycles. The van der Waals surface area contributed by atoms with E-state index in [-0.39, 0.29) is 22.8 Å². The average Bonchev–Trinajstić information content (AvgIpc) is 3.53. The number of nitrogens with zero attached hydrogens (tertiary/aromatic N) is 4. The molecule has 0 unspecified atom stereocenters. The van der Waals surface area contributed by atoms with Crippen LogP contribution in [0.3, 0.4) is 0 Å². The largest absolute Gasteiger partial charge is 0.478 e. The van der Waals surface area contributed by atoms with Crippen LogP contribution in [-0.2, 0) is 19.1 Å². The van der Waals surface area contributed by atoms with Crippen LogP contribution >= 0.6 is 0 Å². The van der Waals surface area contributed by atoms with Gasteiger partial charge in [0.25, 0.3) is 11.8 Å². The van der Waals surface area contributed by atoms with Crippen LogP contribution in [0.4, 0.5) is 16.3 Å². The van der Waals surface area contributed by atoms with Gasteiger partial charge < -0.3 is 35.1 Å². The van der Waals surface area contributed by atoms with Gasteiger partial charge in [0, 0.05) is 36.0 Å². The van der Waals surface area contributed by atoms with Crippen LogP contribution in [0.15, 0.2) is 63.4 Å². The summed E-state index contributed by atoms with van der Waals surface area (Å²) in [4.78, 5) is 73.6. The first-order valence-corrected chi connectivity index (χ1v) is 13.0. The van der Waals surface area contributed by atoms with E-state index in [1.54, 1.807) is 32.0 Å². The molecule has 5 N–H and O–H groups in total. The Morgan fingerprint density at radius 2 is 1.95 bits per heavy atom. The van der Waals surface area contributed by atoms with Crippen LogP contribution in [0.2, 0.25) is 0 Å². The zero-order valence-electron chi connectivity index (χ0n) is 23.5. The fourth-order valence-electron chi connectivity index (χ4n) is 3.88. The normalized spacial score (nSPS) is 13.2. The molecule has 1 aliphatic rings. The first-order valence-electron chi connectivity index (χ1n) is 13.0. The second-order valence-electron chi connectivity index (χ2n) is 9.33. The van der Waals surface area contributed by atoms with Crippen molar-refractivity contribution in [3.05, 3.63) is 76.8 Å². The maximum atomic E-state index is 13.5. The number of esters is 1. The lowest BCUT2D eigenvalue weighted by atomic mass is 10.1. The van der Waals surface area contributed by atoms with Crippen molar-refractivity contribution in [3.63, 3.8) is 0 Å². The number of aliphatic carboxylic acids is 1. The van der Waals surface area contributed by atoms with Crippen LogP contribution in [-0.4, -0.2) is 75.0 Å². The summed E-state index contributed by atoms with van der Waals surface area (Å²) in [6.45, 7) is 2.59. The number of imide groups is 1. The van der Waals surface area contributed by atoms with Gasteiger partial charge in [-0.1, -0.05) is 11.2 Å². The minimum Gasteiger partial charge on any atom is -0.478 e. The van der Waals surface area contributed by atoms with E-state index in [0.717, 1.165) is 16.8 Å². The first-order chi connectivity index (χ1) is 21.1. The predicted molar refractivity (Wildman–Crippen MR) is 153 cm³/mol. The van der Waals surface area contributed by atoms with E-state index in [4.69, 9.17) is 20.1 Å². The second-order valence-corrected chi connectivity index (χ2v) is 9.33. The first kappa shape index (κ1) is 30.9. The maximum absolute atomic E-state index is 13.5. The Bertz CT molecular complexity index is 1670. The molecule has 0 aliphatic heterocycles. The maximum Gasteiger partial charge on any atom is 0.419 e. The zero-order valence-corrected chi connectivity index (χ0v) is 23.5. The van der Waals surface area contributed by atoms with E-state index in [1.807, 2.05) is 0 Å². The minimum absolute atomic E-state index is 0.100. The molecular weight excluding hydrogens is 578 g/mol. The van der Waals surface area contributed by atoms with Gasteiger partial charge in [-0.25, -0.2) is 29.3 Å². The van der Waals surface area contributed by atoms with Crippen molar-refractivity contribution in [3.8, 4) is 0 Å². The number of hydrogen-bond acceptors (Lipinski definition) is 10. The highest BCUT2D eigenvalue weighted by molar-refractivity contribution is 6.10. The molecule has 16 nitrogen and oxygen atoms in total. The SMILES string of the molecule is Cc1ccc(C(=O)Nc2ccon2)cc1N=C(N=CN)c1[nH]cc(C(=O)N(C(=O)OCOC(=O)/C=C/C(=O)O)C2CC2)c1C. The number of nitrogens with two attached hydrogens (primary N) is 1. The summed E-state index contributed by atoms with van der Waals surface area (Å²) in [5, 5.41) is 14.8. The van der Waals surface area contributed by atoms with E-state index in [0.29, 0.717) is 41.9 Å². The molecule has 0 spiro atoms. The van der Waals surface area contributed by atoms with Crippen LogP contribution in [0.25, 0.3) is 0 Å². The van der Waals surface area contributed by atoms with Crippen molar-refractivity contribution >= 4 is 53.5 Å². The lowest BCUT2D eigenvalue weighted by Gasteiger charge is -2.19. The fourth-order valence-corrected chi connectivity index (χ4v) is 3.88. The molecule has 1 fully saturated rings. The van der Waals surface area contributed by atoms with Crippen LogP contribution in [0.5, 0.6) is 0 Å². The molecule has 2 heterocycles. The van der Waals surface area contributed by atoms with E-state index >= 15 is 0 Å².